The number of nitrogens with zero attached hydrogens (tertiary/aromatic N) is 2. The summed E-state index contributed by atoms with van der Waals surface area (Å²) in [6.45, 7) is 0.398. The van der Waals surface area contributed by atoms with Crippen molar-refractivity contribution in [1.29, 1.82) is 10.5 Å². The molecule has 4 rings (SSSR count). The van der Waals surface area contributed by atoms with Crippen molar-refractivity contribution in [2.24, 2.45) is 0 Å². The van der Waals surface area contributed by atoms with Gasteiger partial charge in [0.1, 0.15) is 29.2 Å². The van der Waals surface area contributed by atoms with Crippen LogP contribution in [0.1, 0.15) is 16.7 Å². The summed E-state index contributed by atoms with van der Waals surface area (Å²) in [7, 11) is 3.17. The van der Waals surface area contributed by atoms with E-state index in [1.54, 1.807) is 26.4 Å². The van der Waals surface area contributed by atoms with Gasteiger partial charge in [0.15, 0.2) is 5.82 Å². The number of hydrogen-bond donors (Lipinski definition) is 1. The SMILES string of the molecule is COc1ccc(Sc2c(F)c(C#N)c(C#N)c(NCc3ccccc3)c2Sc2ccc(OC)cc2)cc1. The Hall–Kier alpha value is -4.11. The second kappa shape index (κ2) is 12.2. The second-order valence-electron chi connectivity index (χ2n) is 7.72. The summed E-state index contributed by atoms with van der Waals surface area (Å²) in [5.74, 6) is 0.657. The van der Waals surface area contributed by atoms with Gasteiger partial charge in [-0.3, -0.25) is 0 Å². The quantitative estimate of drug-likeness (QED) is 0.241. The highest BCUT2D eigenvalue weighted by atomic mass is 32.2. The zero-order chi connectivity index (χ0) is 26.2. The maximum Gasteiger partial charge on any atom is 0.157 e. The summed E-state index contributed by atoms with van der Waals surface area (Å²) in [4.78, 5) is 2.37. The second-order valence-corrected chi connectivity index (χ2v) is 9.88. The molecule has 0 bridgehead atoms. The van der Waals surface area contributed by atoms with Crippen molar-refractivity contribution in [3.05, 3.63) is 101 Å². The highest BCUT2D eigenvalue weighted by molar-refractivity contribution is 8.02. The highest BCUT2D eigenvalue weighted by Crippen LogP contribution is 2.47. The Kier molecular flexibility index (Phi) is 8.58. The van der Waals surface area contributed by atoms with Crippen LogP contribution >= 0.6 is 23.5 Å². The number of ether oxygens (including phenoxy) is 2. The summed E-state index contributed by atoms with van der Waals surface area (Å²) in [5.41, 5.74) is 1.10. The summed E-state index contributed by atoms with van der Waals surface area (Å²) in [5, 5.41) is 23.1. The number of anilines is 1. The molecule has 37 heavy (non-hydrogen) atoms. The van der Waals surface area contributed by atoms with Crippen LogP contribution in [0.3, 0.4) is 0 Å². The molecular formula is C29H22FN3O2S2. The number of benzene rings is 4. The van der Waals surface area contributed by atoms with E-state index in [9.17, 15) is 10.5 Å². The van der Waals surface area contributed by atoms with E-state index in [-0.39, 0.29) is 16.0 Å². The van der Waals surface area contributed by atoms with Crippen LogP contribution in [0.4, 0.5) is 10.1 Å². The number of methoxy groups -OCH3 is 2. The summed E-state index contributed by atoms with van der Waals surface area (Å²) >= 11 is 2.52. The van der Waals surface area contributed by atoms with E-state index in [0.29, 0.717) is 28.6 Å². The first-order chi connectivity index (χ1) is 18.1. The first-order valence-electron chi connectivity index (χ1n) is 11.2. The van der Waals surface area contributed by atoms with Crippen LogP contribution in [0.2, 0.25) is 0 Å². The van der Waals surface area contributed by atoms with Gasteiger partial charge in [-0.05, 0) is 54.1 Å². The largest absolute Gasteiger partial charge is 0.497 e. The van der Waals surface area contributed by atoms with Crippen LogP contribution in [0, 0.1) is 28.5 Å². The van der Waals surface area contributed by atoms with Crippen LogP contribution in [0.25, 0.3) is 0 Å². The lowest BCUT2D eigenvalue weighted by atomic mass is 10.1. The molecule has 184 valence electrons. The minimum absolute atomic E-state index is 0.0222. The van der Waals surface area contributed by atoms with Crippen molar-refractivity contribution in [3.63, 3.8) is 0 Å². The van der Waals surface area contributed by atoms with E-state index in [1.165, 1.54) is 23.5 Å². The van der Waals surface area contributed by atoms with Gasteiger partial charge in [0.05, 0.1) is 35.3 Å². The molecule has 0 unspecified atom stereocenters. The van der Waals surface area contributed by atoms with Crippen molar-refractivity contribution >= 4 is 29.2 Å². The number of nitrogens with one attached hydrogen (secondary N) is 1. The molecule has 0 aliphatic heterocycles. The van der Waals surface area contributed by atoms with E-state index in [1.807, 2.05) is 72.8 Å². The minimum atomic E-state index is -0.721. The molecule has 4 aromatic rings. The molecule has 0 heterocycles. The van der Waals surface area contributed by atoms with Gasteiger partial charge < -0.3 is 14.8 Å². The fourth-order valence-electron chi connectivity index (χ4n) is 3.56. The molecule has 8 heteroatoms. The van der Waals surface area contributed by atoms with Gasteiger partial charge in [0.25, 0.3) is 0 Å². The molecular weight excluding hydrogens is 505 g/mol. The third kappa shape index (κ3) is 6.00. The van der Waals surface area contributed by atoms with E-state index in [4.69, 9.17) is 9.47 Å². The molecule has 0 aromatic heterocycles. The molecule has 0 amide bonds. The molecule has 0 saturated carbocycles. The van der Waals surface area contributed by atoms with Gasteiger partial charge in [0.2, 0.25) is 0 Å². The molecule has 1 N–H and O–H groups in total. The van der Waals surface area contributed by atoms with Crippen molar-refractivity contribution < 1.29 is 13.9 Å². The van der Waals surface area contributed by atoms with Gasteiger partial charge in [-0.2, -0.15) is 10.5 Å². The molecule has 0 aliphatic rings. The summed E-state index contributed by atoms with van der Waals surface area (Å²) in [6.07, 6.45) is 0. The Labute approximate surface area is 223 Å². The maximum atomic E-state index is 15.9. The molecule has 0 atom stereocenters. The van der Waals surface area contributed by atoms with E-state index >= 15 is 4.39 Å². The monoisotopic (exact) mass is 527 g/mol. The topological polar surface area (TPSA) is 78.1 Å². The first-order valence-corrected chi connectivity index (χ1v) is 12.8. The van der Waals surface area contributed by atoms with Gasteiger partial charge >= 0.3 is 0 Å². The Morgan fingerprint density at radius 1 is 0.730 bits per heavy atom. The number of halogens is 1. The number of hydrogen-bond acceptors (Lipinski definition) is 7. The average Bonchev–Trinajstić information content (AvgIpc) is 2.95. The lowest BCUT2D eigenvalue weighted by Crippen LogP contribution is -2.07. The fraction of sp³-hybridized carbons (Fsp3) is 0.103. The minimum Gasteiger partial charge on any atom is -0.497 e. The maximum absolute atomic E-state index is 15.9. The summed E-state index contributed by atoms with van der Waals surface area (Å²) < 4.78 is 26.4. The van der Waals surface area contributed by atoms with Gasteiger partial charge in [0, 0.05) is 16.3 Å². The molecule has 0 fully saturated rings. The molecule has 0 radical (unpaired) electrons. The predicted molar refractivity (Wildman–Crippen MR) is 144 cm³/mol. The number of rotatable bonds is 9. The van der Waals surface area contributed by atoms with Crippen molar-refractivity contribution in [2.75, 3.05) is 19.5 Å². The molecule has 0 spiro atoms. The van der Waals surface area contributed by atoms with E-state index < -0.39 is 5.82 Å². The van der Waals surface area contributed by atoms with E-state index in [0.717, 1.165) is 15.4 Å². The Morgan fingerprint density at radius 2 is 1.24 bits per heavy atom. The van der Waals surface area contributed by atoms with Gasteiger partial charge in [-0.15, -0.1) is 0 Å². The third-order valence-electron chi connectivity index (χ3n) is 5.45. The van der Waals surface area contributed by atoms with Crippen LogP contribution < -0.4 is 14.8 Å². The van der Waals surface area contributed by atoms with Crippen LogP contribution in [0.15, 0.2) is 98.4 Å². The normalized spacial score (nSPS) is 10.3. The zero-order valence-electron chi connectivity index (χ0n) is 20.1. The highest BCUT2D eigenvalue weighted by Gasteiger charge is 2.26. The van der Waals surface area contributed by atoms with E-state index in [2.05, 4.69) is 11.4 Å². The van der Waals surface area contributed by atoms with Crippen LogP contribution in [0.5, 0.6) is 11.5 Å². The Balaban J connectivity index is 1.87. The average molecular weight is 528 g/mol. The van der Waals surface area contributed by atoms with Gasteiger partial charge in [-0.25, -0.2) is 4.39 Å². The van der Waals surface area contributed by atoms with Crippen molar-refractivity contribution in [3.8, 4) is 23.6 Å². The standard InChI is InChI=1S/C29H22FN3O2S2/c1-34-20-8-12-22(13-9-20)36-28-26(30)24(16-31)25(17-32)27(33-18-19-6-4-3-5-7-19)29(28)37-23-14-10-21(35-2)11-15-23/h3-15,33H,18H2,1-2H3. The molecule has 5 nitrogen and oxygen atoms in total. The molecule has 4 aromatic carbocycles. The molecule has 0 saturated heterocycles. The summed E-state index contributed by atoms with van der Waals surface area (Å²) in [6, 6.07) is 28.3. The van der Waals surface area contributed by atoms with Crippen molar-refractivity contribution in [2.45, 2.75) is 26.1 Å². The van der Waals surface area contributed by atoms with Crippen molar-refractivity contribution in [1.82, 2.24) is 0 Å². The van der Waals surface area contributed by atoms with Crippen LogP contribution in [-0.4, -0.2) is 14.2 Å². The Morgan fingerprint density at radius 3 is 1.73 bits per heavy atom. The molecule has 0 aliphatic carbocycles. The van der Waals surface area contributed by atoms with Gasteiger partial charge in [-0.1, -0.05) is 53.9 Å². The Bertz CT molecular complexity index is 1460. The number of nitriles is 2. The first kappa shape index (κ1) is 26.0. The third-order valence-corrected chi connectivity index (χ3v) is 7.79. The fourth-order valence-corrected chi connectivity index (χ4v) is 5.67. The predicted octanol–water partition coefficient (Wildman–Crippen LogP) is 7.50. The zero-order valence-corrected chi connectivity index (χ0v) is 21.8. The lowest BCUT2D eigenvalue weighted by Gasteiger charge is -2.20. The smallest absolute Gasteiger partial charge is 0.157 e. The lowest BCUT2D eigenvalue weighted by molar-refractivity contribution is 0.414. The van der Waals surface area contributed by atoms with Crippen LogP contribution in [-0.2, 0) is 6.54 Å².